The van der Waals surface area contributed by atoms with Crippen molar-refractivity contribution >= 4 is 38.4 Å². The Hall–Kier alpha value is -2.99. The highest BCUT2D eigenvalue weighted by atomic mass is 32.1. The maximum absolute atomic E-state index is 12.8. The van der Waals surface area contributed by atoms with Gasteiger partial charge in [0.15, 0.2) is 4.80 Å². The van der Waals surface area contributed by atoms with Gasteiger partial charge in [0.05, 0.1) is 15.6 Å². The summed E-state index contributed by atoms with van der Waals surface area (Å²) >= 11 is 1.47. The second-order valence-electron chi connectivity index (χ2n) is 6.86. The summed E-state index contributed by atoms with van der Waals surface area (Å²) in [5.74, 6) is -0.578. The van der Waals surface area contributed by atoms with Crippen molar-refractivity contribution in [2.75, 3.05) is 0 Å². The average molecular weight is 392 g/mol. The number of amides is 1. The normalized spacial score (nSPS) is 12.2. The van der Waals surface area contributed by atoms with Crippen molar-refractivity contribution < 1.29 is 9.21 Å². The van der Waals surface area contributed by atoms with Crippen molar-refractivity contribution in [1.29, 1.82) is 0 Å². The van der Waals surface area contributed by atoms with Gasteiger partial charge in [-0.2, -0.15) is 4.99 Å². The van der Waals surface area contributed by atoms with E-state index in [-0.39, 0.29) is 11.0 Å². The van der Waals surface area contributed by atoms with Gasteiger partial charge in [0.25, 0.3) is 5.91 Å². The number of fused-ring (bicyclic) bond motifs is 2. The first-order chi connectivity index (χ1) is 13.5. The molecule has 0 unspecified atom stereocenters. The van der Waals surface area contributed by atoms with E-state index in [0.717, 1.165) is 28.7 Å². The Balaban J connectivity index is 1.91. The molecule has 0 fully saturated rings. The number of aromatic nitrogens is 1. The van der Waals surface area contributed by atoms with E-state index in [9.17, 15) is 9.59 Å². The second kappa shape index (κ2) is 7.20. The Labute approximate surface area is 165 Å². The summed E-state index contributed by atoms with van der Waals surface area (Å²) < 4.78 is 8.63. The van der Waals surface area contributed by atoms with Crippen LogP contribution < -0.4 is 10.2 Å². The number of hydrogen-bond donors (Lipinski definition) is 0. The summed E-state index contributed by atoms with van der Waals surface area (Å²) in [5, 5.41) is 0.382. The van der Waals surface area contributed by atoms with E-state index in [1.54, 1.807) is 24.3 Å². The van der Waals surface area contributed by atoms with Crippen LogP contribution in [0.2, 0.25) is 0 Å². The SMILES string of the molecule is CCCn1c(=NC(=O)c2coc3ccccc3c2=O)sc2c(C)cc(C)cc21. The molecule has 0 saturated heterocycles. The Kier molecular flexibility index (Phi) is 4.73. The molecule has 0 bridgehead atoms. The van der Waals surface area contributed by atoms with Crippen LogP contribution in [0.5, 0.6) is 0 Å². The molecule has 0 radical (unpaired) electrons. The molecule has 0 aliphatic heterocycles. The second-order valence-corrected chi connectivity index (χ2v) is 7.84. The fraction of sp³-hybridized carbons (Fsp3) is 0.227. The lowest BCUT2D eigenvalue weighted by Crippen LogP contribution is -2.20. The highest BCUT2D eigenvalue weighted by molar-refractivity contribution is 7.16. The van der Waals surface area contributed by atoms with Gasteiger partial charge in [-0.15, -0.1) is 0 Å². The number of aryl methyl sites for hydroxylation is 3. The predicted octanol–water partition coefficient (Wildman–Crippen LogP) is 4.58. The van der Waals surface area contributed by atoms with Gasteiger partial charge in [-0.05, 0) is 49.6 Å². The summed E-state index contributed by atoms with van der Waals surface area (Å²) in [6.45, 7) is 6.96. The molecule has 4 rings (SSSR count). The lowest BCUT2D eigenvalue weighted by molar-refractivity contribution is 0.0995. The zero-order valence-corrected chi connectivity index (χ0v) is 16.8. The van der Waals surface area contributed by atoms with Crippen molar-refractivity contribution in [2.24, 2.45) is 4.99 Å². The quantitative estimate of drug-likeness (QED) is 0.513. The fourth-order valence-corrected chi connectivity index (χ4v) is 4.51. The Morgan fingerprint density at radius 1 is 1.21 bits per heavy atom. The number of thiazole rings is 1. The topological polar surface area (TPSA) is 64.6 Å². The molecule has 0 aliphatic rings. The molecule has 2 aromatic carbocycles. The molecule has 1 amide bonds. The molecule has 0 saturated carbocycles. The highest BCUT2D eigenvalue weighted by Crippen LogP contribution is 2.23. The van der Waals surface area contributed by atoms with Crippen LogP contribution in [-0.2, 0) is 6.54 Å². The first-order valence-electron chi connectivity index (χ1n) is 9.19. The Morgan fingerprint density at radius 2 is 2.00 bits per heavy atom. The summed E-state index contributed by atoms with van der Waals surface area (Å²) in [4.78, 5) is 30.4. The summed E-state index contributed by atoms with van der Waals surface area (Å²) in [6.07, 6.45) is 2.13. The molecular weight excluding hydrogens is 372 g/mol. The van der Waals surface area contributed by atoms with E-state index in [1.807, 2.05) is 0 Å². The monoisotopic (exact) mass is 392 g/mol. The van der Waals surface area contributed by atoms with Crippen molar-refractivity contribution in [2.45, 2.75) is 33.7 Å². The van der Waals surface area contributed by atoms with Gasteiger partial charge >= 0.3 is 0 Å². The summed E-state index contributed by atoms with van der Waals surface area (Å²) in [6, 6.07) is 11.1. The zero-order chi connectivity index (χ0) is 19.8. The van der Waals surface area contributed by atoms with Gasteiger partial charge in [-0.1, -0.05) is 36.5 Å². The van der Waals surface area contributed by atoms with Gasteiger partial charge in [0.2, 0.25) is 5.43 Å². The third-order valence-corrected chi connectivity index (χ3v) is 5.90. The van der Waals surface area contributed by atoms with E-state index in [4.69, 9.17) is 4.42 Å². The third-order valence-electron chi connectivity index (χ3n) is 4.67. The molecular formula is C22H20N2O3S. The standard InChI is InChI=1S/C22H20N2O3S/c1-4-9-24-17-11-13(2)10-14(3)20(17)28-22(24)23-21(26)16-12-27-18-8-6-5-7-15(18)19(16)25/h5-8,10-12H,4,9H2,1-3H3. The molecule has 0 spiro atoms. The summed E-state index contributed by atoms with van der Waals surface area (Å²) in [5.41, 5.74) is 3.45. The number of carbonyl (C=O) groups is 1. The van der Waals surface area contributed by atoms with Gasteiger partial charge < -0.3 is 8.98 Å². The highest BCUT2D eigenvalue weighted by Gasteiger charge is 2.15. The van der Waals surface area contributed by atoms with E-state index < -0.39 is 5.91 Å². The first-order valence-corrected chi connectivity index (χ1v) is 10.0. The fourth-order valence-electron chi connectivity index (χ4n) is 3.41. The van der Waals surface area contributed by atoms with Gasteiger partial charge in [-0.25, -0.2) is 0 Å². The van der Waals surface area contributed by atoms with Crippen molar-refractivity contribution in [1.82, 2.24) is 4.57 Å². The number of hydrogen-bond acceptors (Lipinski definition) is 4. The number of benzene rings is 2. The molecule has 2 aromatic heterocycles. The van der Waals surface area contributed by atoms with Crippen LogP contribution in [0, 0.1) is 13.8 Å². The molecule has 6 heteroatoms. The predicted molar refractivity (Wildman–Crippen MR) is 112 cm³/mol. The van der Waals surface area contributed by atoms with E-state index >= 15 is 0 Å². The average Bonchev–Trinajstić information content (AvgIpc) is 3.00. The minimum atomic E-state index is -0.578. The number of para-hydroxylation sites is 1. The smallest absolute Gasteiger partial charge is 0.286 e. The van der Waals surface area contributed by atoms with Crippen LogP contribution in [-0.4, -0.2) is 10.5 Å². The molecule has 28 heavy (non-hydrogen) atoms. The van der Waals surface area contributed by atoms with Crippen molar-refractivity contribution in [3.8, 4) is 0 Å². The zero-order valence-electron chi connectivity index (χ0n) is 16.0. The maximum atomic E-state index is 12.8. The van der Waals surface area contributed by atoms with Crippen LogP contribution >= 0.6 is 11.3 Å². The van der Waals surface area contributed by atoms with E-state index in [0.29, 0.717) is 15.8 Å². The molecule has 0 aliphatic carbocycles. The molecule has 5 nitrogen and oxygen atoms in total. The minimum absolute atomic E-state index is 0.0490. The Bertz CT molecular complexity index is 1340. The molecule has 2 heterocycles. The maximum Gasteiger partial charge on any atom is 0.286 e. The molecule has 4 aromatic rings. The van der Waals surface area contributed by atoms with E-state index in [1.165, 1.54) is 23.2 Å². The first kappa shape index (κ1) is 18.4. The van der Waals surface area contributed by atoms with Crippen LogP contribution in [0.4, 0.5) is 0 Å². The molecule has 0 atom stereocenters. The van der Waals surface area contributed by atoms with Crippen molar-refractivity contribution in [3.05, 3.63) is 74.4 Å². The summed E-state index contributed by atoms with van der Waals surface area (Å²) in [7, 11) is 0. The largest absolute Gasteiger partial charge is 0.463 e. The van der Waals surface area contributed by atoms with Crippen LogP contribution in [0.3, 0.4) is 0 Å². The van der Waals surface area contributed by atoms with Gasteiger partial charge in [0, 0.05) is 6.54 Å². The van der Waals surface area contributed by atoms with Crippen LogP contribution in [0.25, 0.3) is 21.2 Å². The van der Waals surface area contributed by atoms with Gasteiger partial charge in [0.1, 0.15) is 17.4 Å². The minimum Gasteiger partial charge on any atom is -0.463 e. The molecule has 142 valence electrons. The Morgan fingerprint density at radius 3 is 2.79 bits per heavy atom. The molecule has 0 N–H and O–H groups in total. The van der Waals surface area contributed by atoms with Crippen LogP contribution in [0.1, 0.15) is 34.8 Å². The number of carbonyl (C=O) groups excluding carboxylic acids is 1. The van der Waals surface area contributed by atoms with Crippen LogP contribution in [0.15, 0.2) is 56.9 Å². The lowest BCUT2D eigenvalue weighted by atomic mass is 10.1. The number of rotatable bonds is 3. The lowest BCUT2D eigenvalue weighted by Gasteiger charge is -2.04. The number of nitrogens with zero attached hydrogens (tertiary/aromatic N) is 2. The van der Waals surface area contributed by atoms with E-state index in [2.05, 4.69) is 42.5 Å². The van der Waals surface area contributed by atoms with Gasteiger partial charge in [-0.3, -0.25) is 9.59 Å². The third kappa shape index (κ3) is 3.10. The van der Waals surface area contributed by atoms with Crippen molar-refractivity contribution in [3.63, 3.8) is 0 Å².